The molecule has 0 radical (unpaired) electrons. The van der Waals surface area contributed by atoms with Gasteiger partial charge in [-0.05, 0) is 80.5 Å². The second-order valence-corrected chi connectivity index (χ2v) is 10.5. The lowest BCUT2D eigenvalue weighted by Gasteiger charge is -2.44. The summed E-state index contributed by atoms with van der Waals surface area (Å²) in [5, 5.41) is 0. The normalized spacial score (nSPS) is 32.2. The predicted molar refractivity (Wildman–Crippen MR) is 114 cm³/mol. The minimum absolute atomic E-state index is 0.386. The average Bonchev–Trinajstić information content (AvgIpc) is 3.17. The van der Waals surface area contributed by atoms with Gasteiger partial charge in [0, 0.05) is 13.2 Å². The zero-order chi connectivity index (χ0) is 19.2. The van der Waals surface area contributed by atoms with Crippen molar-refractivity contribution in [2.75, 3.05) is 26.4 Å². The van der Waals surface area contributed by atoms with Crippen molar-refractivity contribution in [3.8, 4) is 0 Å². The molecule has 0 aromatic carbocycles. The summed E-state index contributed by atoms with van der Waals surface area (Å²) in [6.07, 6.45) is 18.4. The molecule has 0 N–H and O–H groups in total. The molecule has 2 atom stereocenters. The molecule has 27 heavy (non-hydrogen) atoms. The first-order chi connectivity index (χ1) is 13.1. The molecule has 0 amide bonds. The Labute approximate surface area is 169 Å². The Morgan fingerprint density at radius 2 is 1.56 bits per heavy atom. The summed E-state index contributed by atoms with van der Waals surface area (Å²) in [7, 11) is 0. The maximum absolute atomic E-state index is 6.55. The van der Waals surface area contributed by atoms with Crippen LogP contribution in [0.2, 0.25) is 0 Å². The Hall–Kier alpha value is -0.0800. The molecule has 3 rings (SSSR count). The van der Waals surface area contributed by atoms with E-state index in [-0.39, 0.29) is 0 Å². The van der Waals surface area contributed by atoms with Gasteiger partial charge in [-0.15, -0.1) is 0 Å². The molecule has 158 valence electrons. The van der Waals surface area contributed by atoms with Crippen molar-refractivity contribution in [1.82, 2.24) is 0 Å². The molecular formula is C25H46O2. The fraction of sp³-hybridized carbons (Fsp3) is 1.00. The molecule has 0 bridgehead atoms. The first-order valence-electron chi connectivity index (χ1n) is 12.3. The van der Waals surface area contributed by atoms with Gasteiger partial charge in [-0.1, -0.05) is 52.4 Å². The molecule has 2 nitrogen and oxygen atoms in total. The van der Waals surface area contributed by atoms with Crippen molar-refractivity contribution < 1.29 is 9.47 Å². The molecule has 3 aliphatic rings. The van der Waals surface area contributed by atoms with Crippen LogP contribution in [0.4, 0.5) is 0 Å². The van der Waals surface area contributed by atoms with Crippen LogP contribution in [0.5, 0.6) is 0 Å². The molecule has 3 fully saturated rings. The number of ether oxygens (including phenoxy) is 2. The van der Waals surface area contributed by atoms with Crippen LogP contribution in [0, 0.1) is 28.6 Å². The highest BCUT2D eigenvalue weighted by Crippen LogP contribution is 2.50. The summed E-state index contributed by atoms with van der Waals surface area (Å²) in [6, 6.07) is 0. The summed E-state index contributed by atoms with van der Waals surface area (Å²) >= 11 is 0. The first kappa shape index (κ1) is 21.6. The van der Waals surface area contributed by atoms with E-state index in [0.717, 1.165) is 38.3 Å². The number of hydrogen-bond acceptors (Lipinski definition) is 2. The third-order valence-corrected chi connectivity index (χ3v) is 8.61. The Bertz CT molecular complexity index is 420. The molecule has 0 aliphatic heterocycles. The van der Waals surface area contributed by atoms with Gasteiger partial charge in [-0.25, -0.2) is 0 Å². The second kappa shape index (κ2) is 10.1. The van der Waals surface area contributed by atoms with Crippen molar-refractivity contribution in [3.63, 3.8) is 0 Å². The fourth-order valence-electron chi connectivity index (χ4n) is 6.68. The molecule has 1 unspecified atom stereocenters. The van der Waals surface area contributed by atoms with Crippen molar-refractivity contribution in [3.05, 3.63) is 0 Å². The maximum Gasteiger partial charge on any atom is 0.0525 e. The first-order valence-corrected chi connectivity index (χ1v) is 12.3. The Morgan fingerprint density at radius 1 is 0.815 bits per heavy atom. The largest absolute Gasteiger partial charge is 0.381 e. The zero-order valence-corrected chi connectivity index (χ0v) is 18.6. The van der Waals surface area contributed by atoms with E-state index in [1.807, 2.05) is 0 Å². The van der Waals surface area contributed by atoms with Gasteiger partial charge in [0.1, 0.15) is 0 Å². The minimum Gasteiger partial charge on any atom is -0.381 e. The number of hydrogen-bond donors (Lipinski definition) is 0. The van der Waals surface area contributed by atoms with Crippen molar-refractivity contribution in [2.45, 2.75) is 104 Å². The zero-order valence-electron chi connectivity index (χ0n) is 18.6. The lowest BCUT2D eigenvalue weighted by Crippen LogP contribution is -2.40. The topological polar surface area (TPSA) is 18.5 Å². The van der Waals surface area contributed by atoms with E-state index in [0.29, 0.717) is 16.7 Å². The smallest absolute Gasteiger partial charge is 0.0525 e. The van der Waals surface area contributed by atoms with Crippen molar-refractivity contribution >= 4 is 0 Å². The minimum atomic E-state index is 0.386. The Balaban J connectivity index is 1.52. The van der Waals surface area contributed by atoms with Crippen LogP contribution in [0.15, 0.2) is 0 Å². The third kappa shape index (κ3) is 5.30. The lowest BCUT2D eigenvalue weighted by molar-refractivity contribution is -0.0551. The monoisotopic (exact) mass is 378 g/mol. The van der Waals surface area contributed by atoms with Gasteiger partial charge in [-0.3, -0.25) is 0 Å². The number of rotatable bonds is 9. The highest BCUT2D eigenvalue weighted by Gasteiger charge is 2.43. The van der Waals surface area contributed by atoms with Gasteiger partial charge >= 0.3 is 0 Å². The van der Waals surface area contributed by atoms with Crippen LogP contribution >= 0.6 is 0 Å². The Kier molecular flexibility index (Phi) is 8.09. The van der Waals surface area contributed by atoms with Gasteiger partial charge in [0.25, 0.3) is 0 Å². The SMILES string of the molecule is CCOCC1(C(C)C)CCC[C@H](COCC2(C3CCCCC3)CCCC2)C1. The maximum atomic E-state index is 6.55. The van der Waals surface area contributed by atoms with E-state index in [4.69, 9.17) is 9.47 Å². The second-order valence-electron chi connectivity index (χ2n) is 10.5. The van der Waals surface area contributed by atoms with Gasteiger partial charge in [0.2, 0.25) is 0 Å². The van der Waals surface area contributed by atoms with E-state index in [9.17, 15) is 0 Å². The van der Waals surface area contributed by atoms with Crippen LogP contribution < -0.4 is 0 Å². The molecule has 0 spiro atoms. The predicted octanol–water partition coefficient (Wildman–Crippen LogP) is 7.01. The average molecular weight is 379 g/mol. The van der Waals surface area contributed by atoms with Crippen LogP contribution in [0.25, 0.3) is 0 Å². The highest BCUT2D eigenvalue weighted by molar-refractivity contribution is 4.93. The summed E-state index contributed by atoms with van der Waals surface area (Å²) in [6.45, 7) is 10.8. The summed E-state index contributed by atoms with van der Waals surface area (Å²) in [5.41, 5.74) is 0.923. The van der Waals surface area contributed by atoms with E-state index in [1.54, 1.807) is 0 Å². The van der Waals surface area contributed by atoms with Crippen LogP contribution in [-0.4, -0.2) is 26.4 Å². The van der Waals surface area contributed by atoms with Crippen molar-refractivity contribution in [1.29, 1.82) is 0 Å². The standard InChI is InChI=1S/C25H46O2/c1-4-26-20-25(21(2)3)16-10-11-22(17-25)18-27-19-24(14-8-9-15-24)23-12-6-5-7-13-23/h21-23H,4-20H2,1-3H3/t22-,25?/m0/s1. The van der Waals surface area contributed by atoms with Crippen LogP contribution in [0.3, 0.4) is 0 Å². The van der Waals surface area contributed by atoms with Gasteiger partial charge in [-0.2, -0.15) is 0 Å². The van der Waals surface area contributed by atoms with E-state index < -0.39 is 0 Å². The van der Waals surface area contributed by atoms with E-state index >= 15 is 0 Å². The van der Waals surface area contributed by atoms with Crippen molar-refractivity contribution in [2.24, 2.45) is 28.6 Å². The van der Waals surface area contributed by atoms with E-state index in [2.05, 4.69) is 20.8 Å². The van der Waals surface area contributed by atoms with Crippen LogP contribution in [-0.2, 0) is 9.47 Å². The summed E-state index contributed by atoms with van der Waals surface area (Å²) in [4.78, 5) is 0. The van der Waals surface area contributed by atoms with Gasteiger partial charge < -0.3 is 9.47 Å². The Morgan fingerprint density at radius 3 is 2.22 bits per heavy atom. The van der Waals surface area contributed by atoms with E-state index in [1.165, 1.54) is 83.5 Å². The third-order valence-electron chi connectivity index (χ3n) is 8.61. The molecule has 2 heteroatoms. The molecule has 0 heterocycles. The molecular weight excluding hydrogens is 332 g/mol. The van der Waals surface area contributed by atoms with Gasteiger partial charge in [0.15, 0.2) is 0 Å². The highest BCUT2D eigenvalue weighted by atomic mass is 16.5. The van der Waals surface area contributed by atoms with Gasteiger partial charge in [0.05, 0.1) is 13.2 Å². The summed E-state index contributed by atoms with van der Waals surface area (Å²) < 4.78 is 12.5. The fourth-order valence-corrected chi connectivity index (χ4v) is 6.68. The summed E-state index contributed by atoms with van der Waals surface area (Å²) in [5.74, 6) is 2.40. The van der Waals surface area contributed by atoms with Crippen LogP contribution in [0.1, 0.15) is 104 Å². The molecule has 0 saturated heterocycles. The quantitative estimate of drug-likeness (QED) is 0.429. The lowest BCUT2D eigenvalue weighted by atomic mass is 9.64. The molecule has 0 aromatic heterocycles. The molecule has 0 aromatic rings. The molecule has 3 aliphatic carbocycles. The molecule has 3 saturated carbocycles.